The molecule has 0 aliphatic rings. The molecular weight excluding hydrogens is 448 g/mol. The summed E-state index contributed by atoms with van der Waals surface area (Å²) in [7, 11) is 0. The maximum Gasteiger partial charge on any atom is 0.308 e. The average Bonchev–Trinajstić information content (AvgIpc) is 2.65. The van der Waals surface area contributed by atoms with E-state index in [1.54, 1.807) is 36.4 Å². The first-order valence-electron chi connectivity index (χ1n) is 9.69. The molecule has 0 bridgehead atoms. The summed E-state index contributed by atoms with van der Waals surface area (Å²) >= 11 is 7.63. The molecule has 2 aromatic rings. The molecule has 0 saturated heterocycles. The molecule has 0 radical (unpaired) electrons. The van der Waals surface area contributed by atoms with Gasteiger partial charge in [-0.15, -0.1) is 25.3 Å². The Balaban J connectivity index is 2.84. The van der Waals surface area contributed by atoms with Crippen LogP contribution in [0.4, 0.5) is 0 Å². The van der Waals surface area contributed by atoms with Crippen molar-refractivity contribution >= 4 is 53.5 Å². The number of benzene rings is 2. The lowest BCUT2D eigenvalue weighted by molar-refractivity contribution is -0.133. The largest absolute Gasteiger partial charge is 0.426 e. The van der Waals surface area contributed by atoms with Gasteiger partial charge >= 0.3 is 11.9 Å². The van der Waals surface area contributed by atoms with Crippen LogP contribution in [0.2, 0.25) is 0 Å². The van der Waals surface area contributed by atoms with Gasteiger partial charge in [0.2, 0.25) is 5.12 Å². The molecule has 0 N–H and O–H groups in total. The highest BCUT2D eigenvalue weighted by molar-refractivity contribution is 7.97. The minimum absolute atomic E-state index is 0.109. The second kappa shape index (κ2) is 10.7. The van der Waals surface area contributed by atoms with Crippen molar-refractivity contribution in [1.29, 1.82) is 0 Å². The van der Waals surface area contributed by atoms with Gasteiger partial charge in [-0.05, 0) is 12.2 Å². The van der Waals surface area contributed by atoms with Crippen LogP contribution in [0.15, 0.2) is 42.5 Å². The number of thiol groups is 2. The van der Waals surface area contributed by atoms with Crippen LogP contribution in [0.1, 0.15) is 45.2 Å². The lowest BCUT2D eigenvalue weighted by atomic mass is 9.80. The summed E-state index contributed by atoms with van der Waals surface area (Å²) in [5, 5.41) is -0.775. The van der Waals surface area contributed by atoms with E-state index in [0.29, 0.717) is 22.3 Å². The van der Waals surface area contributed by atoms with Gasteiger partial charge in [0.05, 0.1) is 0 Å². The Labute approximate surface area is 197 Å². The summed E-state index contributed by atoms with van der Waals surface area (Å²) in [5.41, 5.74) is 1.34. The van der Waals surface area contributed by atoms with Crippen molar-refractivity contribution in [3.63, 3.8) is 0 Å². The number of hydrogen-bond donors (Lipinski definition) is 2. The number of rotatable bonds is 8. The Hall–Kier alpha value is -2.84. The SMILES string of the molecule is CC(=O)Oc1c(/C=C\C(=O)S)cccc1-c1cccc(C(C)(C)CC(=O)S)c1OC(C)=O. The lowest BCUT2D eigenvalue weighted by Crippen LogP contribution is -2.22. The fourth-order valence-corrected chi connectivity index (χ4v) is 3.80. The Morgan fingerprint density at radius 2 is 1.41 bits per heavy atom. The summed E-state index contributed by atoms with van der Waals surface area (Å²) in [5.74, 6) is -0.660. The van der Waals surface area contributed by atoms with E-state index in [1.807, 2.05) is 13.8 Å². The van der Waals surface area contributed by atoms with Crippen LogP contribution in [-0.2, 0) is 24.6 Å². The minimum Gasteiger partial charge on any atom is -0.426 e. The predicted octanol–water partition coefficient (Wildman–Crippen LogP) is 4.80. The zero-order valence-corrected chi connectivity index (χ0v) is 20.0. The average molecular weight is 473 g/mol. The molecule has 0 atom stereocenters. The second-order valence-electron chi connectivity index (χ2n) is 7.72. The number of ether oxygens (including phenoxy) is 2. The van der Waals surface area contributed by atoms with Crippen LogP contribution in [-0.4, -0.2) is 22.2 Å². The van der Waals surface area contributed by atoms with Gasteiger partial charge in [0.15, 0.2) is 5.12 Å². The lowest BCUT2D eigenvalue weighted by Gasteiger charge is -2.27. The molecule has 168 valence electrons. The van der Waals surface area contributed by atoms with Crippen molar-refractivity contribution in [2.24, 2.45) is 0 Å². The van der Waals surface area contributed by atoms with Gasteiger partial charge in [-0.1, -0.05) is 50.2 Å². The Kier molecular flexibility index (Phi) is 8.46. The van der Waals surface area contributed by atoms with Gasteiger partial charge in [-0.2, -0.15) is 0 Å². The third-order valence-electron chi connectivity index (χ3n) is 4.57. The number of esters is 2. The Morgan fingerprint density at radius 1 is 0.875 bits per heavy atom. The molecule has 2 aromatic carbocycles. The van der Waals surface area contributed by atoms with E-state index >= 15 is 0 Å². The summed E-state index contributed by atoms with van der Waals surface area (Å²) in [6, 6.07) is 10.4. The van der Waals surface area contributed by atoms with Crippen LogP contribution in [0.25, 0.3) is 17.2 Å². The molecule has 0 aliphatic carbocycles. The summed E-state index contributed by atoms with van der Waals surface area (Å²) in [4.78, 5) is 46.8. The Morgan fingerprint density at radius 3 is 1.94 bits per heavy atom. The molecule has 0 unspecified atom stereocenters. The van der Waals surface area contributed by atoms with E-state index in [1.165, 1.54) is 26.0 Å². The fraction of sp³-hybridized carbons (Fsp3) is 0.250. The van der Waals surface area contributed by atoms with E-state index in [2.05, 4.69) is 25.3 Å². The third kappa shape index (κ3) is 6.58. The number of hydrogen-bond acceptors (Lipinski definition) is 6. The fourth-order valence-electron chi connectivity index (χ4n) is 3.33. The number of para-hydroxylation sites is 2. The summed E-state index contributed by atoms with van der Waals surface area (Å²) < 4.78 is 11.1. The molecule has 0 aliphatic heterocycles. The molecular formula is C24H24O6S2. The van der Waals surface area contributed by atoms with Crippen molar-refractivity contribution in [2.45, 2.75) is 39.5 Å². The van der Waals surface area contributed by atoms with Crippen molar-refractivity contribution in [2.75, 3.05) is 0 Å². The maximum absolute atomic E-state index is 12.0. The highest BCUT2D eigenvalue weighted by Crippen LogP contribution is 2.45. The first-order chi connectivity index (χ1) is 14.9. The highest BCUT2D eigenvalue weighted by Gasteiger charge is 2.30. The first-order valence-corrected chi connectivity index (χ1v) is 10.6. The standard InChI is InChI=1S/C24H24O6S2/c1-14(25)29-22-16(11-12-20(27)31)7-5-8-17(22)18-9-6-10-19(23(18)30-15(2)26)24(3,4)13-21(28)32/h5-12H,13H2,1-4H3,(H,27,31)(H,28,32)/b12-11-. The van der Waals surface area contributed by atoms with Gasteiger partial charge < -0.3 is 9.47 Å². The van der Waals surface area contributed by atoms with Crippen LogP contribution in [0.5, 0.6) is 11.5 Å². The molecule has 0 spiro atoms. The van der Waals surface area contributed by atoms with E-state index in [9.17, 15) is 19.2 Å². The van der Waals surface area contributed by atoms with Crippen LogP contribution in [0, 0.1) is 0 Å². The molecule has 8 heteroatoms. The molecule has 0 heterocycles. The zero-order valence-electron chi connectivity index (χ0n) is 18.2. The van der Waals surface area contributed by atoms with Crippen LogP contribution < -0.4 is 9.47 Å². The molecule has 0 saturated carbocycles. The van der Waals surface area contributed by atoms with E-state index in [4.69, 9.17) is 9.47 Å². The van der Waals surface area contributed by atoms with Gasteiger partial charge in [-0.25, -0.2) is 0 Å². The molecule has 2 rings (SSSR count). The summed E-state index contributed by atoms with van der Waals surface area (Å²) in [6.45, 7) is 6.23. The summed E-state index contributed by atoms with van der Waals surface area (Å²) in [6.07, 6.45) is 2.83. The van der Waals surface area contributed by atoms with Crippen molar-refractivity contribution in [3.05, 3.63) is 53.6 Å². The molecule has 32 heavy (non-hydrogen) atoms. The minimum atomic E-state index is -0.697. The normalized spacial score (nSPS) is 11.3. The topological polar surface area (TPSA) is 86.7 Å². The molecule has 0 amide bonds. The van der Waals surface area contributed by atoms with Gasteiger partial charge in [0.1, 0.15) is 11.5 Å². The van der Waals surface area contributed by atoms with Crippen molar-refractivity contribution < 1.29 is 28.7 Å². The molecule has 0 aromatic heterocycles. The van der Waals surface area contributed by atoms with Crippen LogP contribution in [0.3, 0.4) is 0 Å². The third-order valence-corrected chi connectivity index (χ3v) is 4.88. The monoisotopic (exact) mass is 472 g/mol. The van der Waals surface area contributed by atoms with Gasteiger partial charge in [-0.3, -0.25) is 19.2 Å². The van der Waals surface area contributed by atoms with E-state index in [-0.39, 0.29) is 23.0 Å². The van der Waals surface area contributed by atoms with E-state index in [0.717, 1.165) is 0 Å². The Bertz CT molecular complexity index is 1100. The predicted molar refractivity (Wildman–Crippen MR) is 129 cm³/mol. The number of carbonyl (C=O) groups excluding carboxylic acids is 4. The van der Waals surface area contributed by atoms with E-state index < -0.39 is 22.5 Å². The highest BCUT2D eigenvalue weighted by atomic mass is 32.1. The zero-order chi connectivity index (χ0) is 24.1. The number of carbonyl (C=O) groups is 4. The first kappa shape index (κ1) is 25.4. The van der Waals surface area contributed by atoms with Crippen LogP contribution >= 0.6 is 25.3 Å². The second-order valence-corrected chi connectivity index (χ2v) is 8.66. The molecule has 6 nitrogen and oxygen atoms in total. The van der Waals surface area contributed by atoms with Crippen molar-refractivity contribution in [1.82, 2.24) is 0 Å². The van der Waals surface area contributed by atoms with Crippen molar-refractivity contribution in [3.8, 4) is 22.6 Å². The maximum atomic E-state index is 12.0. The van der Waals surface area contributed by atoms with Gasteiger partial charge in [0, 0.05) is 47.9 Å². The van der Waals surface area contributed by atoms with Gasteiger partial charge in [0.25, 0.3) is 0 Å². The smallest absolute Gasteiger partial charge is 0.308 e. The quantitative estimate of drug-likeness (QED) is 0.248. The molecule has 0 fully saturated rings.